The zero-order valence-corrected chi connectivity index (χ0v) is 18.8. The highest BCUT2D eigenvalue weighted by molar-refractivity contribution is 7.98. The molecule has 0 N–H and O–H groups in total. The first-order chi connectivity index (χ1) is 13.3. The molecule has 0 bridgehead atoms. The number of hydrogen-bond acceptors (Lipinski definition) is 4. The van der Waals surface area contributed by atoms with E-state index in [0.29, 0.717) is 22.6 Å². The summed E-state index contributed by atoms with van der Waals surface area (Å²) in [5.41, 5.74) is 0.986. The minimum Gasteiger partial charge on any atom is -0.345 e. The summed E-state index contributed by atoms with van der Waals surface area (Å²) in [6, 6.07) is 13.2. The molecule has 1 amide bonds. The van der Waals surface area contributed by atoms with Crippen LogP contribution in [-0.2, 0) is 9.84 Å². The van der Waals surface area contributed by atoms with Crippen LogP contribution in [0.3, 0.4) is 0 Å². The molecule has 0 aromatic heterocycles. The molecule has 0 aliphatic heterocycles. The van der Waals surface area contributed by atoms with E-state index in [9.17, 15) is 13.2 Å². The number of amides is 1. The lowest BCUT2D eigenvalue weighted by Gasteiger charge is -2.22. The highest BCUT2D eigenvalue weighted by atomic mass is 35.5. The first-order valence-corrected chi connectivity index (χ1v) is 12.4. The number of unbranched alkanes of at least 4 members (excludes halogenated alkanes) is 1. The summed E-state index contributed by atoms with van der Waals surface area (Å²) in [7, 11) is -0.342. The second kappa shape index (κ2) is 10.3. The van der Waals surface area contributed by atoms with Gasteiger partial charge in [0, 0.05) is 24.7 Å². The van der Waals surface area contributed by atoms with Crippen molar-refractivity contribution < 1.29 is 13.2 Å². The second-order valence-corrected chi connectivity index (χ2v) is 10.3. The maximum atomic E-state index is 13.5. The Morgan fingerprint density at radius 2 is 1.71 bits per heavy atom. The van der Waals surface area contributed by atoms with Gasteiger partial charge in [0.2, 0.25) is 0 Å². The van der Waals surface area contributed by atoms with Crippen LogP contribution in [0.4, 0.5) is 0 Å². The number of thioether (sulfide) groups is 1. The molecular weight excluding hydrogens is 414 g/mol. The van der Waals surface area contributed by atoms with Crippen molar-refractivity contribution in [1.29, 1.82) is 0 Å². The van der Waals surface area contributed by atoms with Gasteiger partial charge >= 0.3 is 0 Å². The fourth-order valence-corrected chi connectivity index (χ4v) is 5.54. The Morgan fingerprint density at radius 1 is 1.07 bits per heavy atom. The van der Waals surface area contributed by atoms with Crippen LogP contribution in [0.25, 0.3) is 0 Å². The zero-order valence-electron chi connectivity index (χ0n) is 16.4. The van der Waals surface area contributed by atoms with Gasteiger partial charge in [0.1, 0.15) is 0 Å². The van der Waals surface area contributed by atoms with Crippen LogP contribution in [-0.4, -0.2) is 45.3 Å². The van der Waals surface area contributed by atoms with E-state index in [1.807, 2.05) is 6.26 Å². The fourth-order valence-electron chi connectivity index (χ4n) is 3.06. The van der Waals surface area contributed by atoms with Crippen LogP contribution in [0, 0.1) is 0 Å². The van der Waals surface area contributed by atoms with Crippen molar-refractivity contribution in [2.75, 3.05) is 26.1 Å². The number of carbonyl (C=O) groups is 1. The lowest BCUT2D eigenvalue weighted by molar-refractivity contribution is 0.0826. The summed E-state index contributed by atoms with van der Waals surface area (Å²) in [4.78, 5) is 14.4. The number of rotatable bonds is 9. The normalized spacial score (nSPS) is 12.6. The molecule has 1 atom stereocenters. The van der Waals surface area contributed by atoms with Gasteiger partial charge in [-0.25, -0.2) is 8.42 Å². The molecule has 2 rings (SSSR count). The van der Waals surface area contributed by atoms with E-state index in [1.54, 1.807) is 62.3 Å². The van der Waals surface area contributed by atoms with E-state index < -0.39 is 15.1 Å². The Morgan fingerprint density at radius 3 is 2.32 bits per heavy atom. The van der Waals surface area contributed by atoms with Crippen LogP contribution in [0.15, 0.2) is 53.4 Å². The maximum Gasteiger partial charge on any atom is 0.253 e. The summed E-state index contributed by atoms with van der Waals surface area (Å²) in [6.45, 7) is 0. The number of benzene rings is 2. The molecule has 4 nitrogen and oxygen atoms in total. The molecule has 2 aromatic carbocycles. The van der Waals surface area contributed by atoms with Crippen molar-refractivity contribution in [2.24, 2.45) is 0 Å². The summed E-state index contributed by atoms with van der Waals surface area (Å²) in [6.07, 6.45) is 4.19. The predicted octanol–water partition coefficient (Wildman–Crippen LogP) is 5.09. The monoisotopic (exact) mass is 439 g/mol. The predicted molar refractivity (Wildman–Crippen MR) is 118 cm³/mol. The van der Waals surface area contributed by atoms with Crippen LogP contribution in [0.1, 0.15) is 40.4 Å². The highest BCUT2D eigenvalue weighted by Gasteiger charge is 2.32. The molecule has 0 saturated heterocycles. The van der Waals surface area contributed by atoms with Gasteiger partial charge in [-0.1, -0.05) is 36.2 Å². The molecule has 0 aliphatic carbocycles. The summed E-state index contributed by atoms with van der Waals surface area (Å²) < 4.78 is 27.0. The summed E-state index contributed by atoms with van der Waals surface area (Å²) >= 11 is 7.67. The van der Waals surface area contributed by atoms with Crippen LogP contribution < -0.4 is 0 Å². The second-order valence-electron chi connectivity index (χ2n) is 6.76. The van der Waals surface area contributed by atoms with Gasteiger partial charge in [0.15, 0.2) is 9.84 Å². The number of hydrogen-bond donors (Lipinski definition) is 0. The third-order valence-corrected chi connectivity index (χ3v) is 7.64. The molecule has 0 heterocycles. The largest absolute Gasteiger partial charge is 0.345 e. The maximum absolute atomic E-state index is 13.5. The number of halogens is 1. The van der Waals surface area contributed by atoms with Crippen molar-refractivity contribution >= 4 is 39.1 Å². The van der Waals surface area contributed by atoms with Gasteiger partial charge in [0.05, 0.1) is 10.1 Å². The van der Waals surface area contributed by atoms with Gasteiger partial charge < -0.3 is 4.90 Å². The van der Waals surface area contributed by atoms with Crippen molar-refractivity contribution in [3.05, 3.63) is 64.7 Å². The van der Waals surface area contributed by atoms with E-state index in [0.717, 1.165) is 18.6 Å². The van der Waals surface area contributed by atoms with Crippen molar-refractivity contribution in [2.45, 2.75) is 29.4 Å². The molecular formula is C21H26ClNO3S2. The summed E-state index contributed by atoms with van der Waals surface area (Å²) in [5, 5.41) is -0.297. The molecule has 28 heavy (non-hydrogen) atoms. The molecule has 152 valence electrons. The Balaban J connectivity index is 2.51. The fraction of sp³-hybridized carbons (Fsp3) is 0.381. The third kappa shape index (κ3) is 5.52. The quantitative estimate of drug-likeness (QED) is 0.510. The van der Waals surface area contributed by atoms with E-state index in [-0.39, 0.29) is 10.8 Å². The van der Waals surface area contributed by atoms with E-state index in [2.05, 4.69) is 0 Å². The summed E-state index contributed by atoms with van der Waals surface area (Å²) in [5.74, 6) is 0.780. The Labute approximate surface area is 177 Å². The minimum atomic E-state index is -3.68. The molecule has 1 unspecified atom stereocenters. The Kier molecular flexibility index (Phi) is 8.40. The molecule has 0 fully saturated rings. The zero-order chi connectivity index (χ0) is 20.7. The first-order valence-electron chi connectivity index (χ1n) is 9.08. The van der Waals surface area contributed by atoms with Crippen molar-refractivity contribution in [3.8, 4) is 0 Å². The number of sulfone groups is 1. The topological polar surface area (TPSA) is 54.5 Å². The van der Waals surface area contributed by atoms with Gasteiger partial charge in [-0.2, -0.15) is 11.8 Å². The highest BCUT2D eigenvalue weighted by Crippen LogP contribution is 2.36. The van der Waals surface area contributed by atoms with E-state index in [1.165, 1.54) is 17.0 Å². The Bertz CT molecular complexity index is 896. The average molecular weight is 440 g/mol. The molecule has 0 saturated carbocycles. The van der Waals surface area contributed by atoms with Gasteiger partial charge in [-0.3, -0.25) is 4.79 Å². The van der Waals surface area contributed by atoms with Gasteiger partial charge in [-0.05, 0) is 60.7 Å². The molecule has 2 aromatic rings. The first kappa shape index (κ1) is 22.8. The molecule has 7 heteroatoms. The molecule has 0 aliphatic rings. The van der Waals surface area contributed by atoms with Crippen molar-refractivity contribution in [1.82, 2.24) is 4.90 Å². The van der Waals surface area contributed by atoms with Crippen LogP contribution in [0.2, 0.25) is 5.02 Å². The average Bonchev–Trinajstić information content (AvgIpc) is 2.67. The van der Waals surface area contributed by atoms with E-state index in [4.69, 9.17) is 11.6 Å². The van der Waals surface area contributed by atoms with E-state index >= 15 is 0 Å². The van der Waals surface area contributed by atoms with Crippen LogP contribution in [0.5, 0.6) is 0 Å². The number of carbonyl (C=O) groups excluding carboxylic acids is 1. The lowest BCUT2D eigenvalue weighted by atomic mass is 10.00. The number of nitrogens with zero attached hydrogens (tertiary/aromatic N) is 1. The Hall–Kier alpha value is -1.50. The van der Waals surface area contributed by atoms with Crippen molar-refractivity contribution in [3.63, 3.8) is 0 Å². The SMILES string of the molecule is CSCCCCC(c1ccccc1C(=O)N(C)C)S(=O)(=O)c1ccc(Cl)cc1. The standard InChI is InChI=1S/C21H26ClNO3S2/c1-23(2)21(24)19-9-5-4-8-18(19)20(10-6-7-15-27-3)28(25,26)17-13-11-16(22)12-14-17/h4-5,8-9,11-14,20H,6-7,10,15H2,1-3H3. The van der Waals surface area contributed by atoms with Crippen LogP contribution >= 0.6 is 23.4 Å². The minimum absolute atomic E-state index is 0.198. The molecule has 0 radical (unpaired) electrons. The molecule has 0 spiro atoms. The van der Waals surface area contributed by atoms with Gasteiger partial charge in [0.25, 0.3) is 5.91 Å². The third-order valence-electron chi connectivity index (χ3n) is 4.53. The lowest BCUT2D eigenvalue weighted by Crippen LogP contribution is -2.25. The smallest absolute Gasteiger partial charge is 0.253 e. The van der Waals surface area contributed by atoms with Gasteiger partial charge in [-0.15, -0.1) is 0 Å².